The summed E-state index contributed by atoms with van der Waals surface area (Å²) in [4.78, 5) is 13.9. The highest BCUT2D eigenvalue weighted by molar-refractivity contribution is 6.33. The summed E-state index contributed by atoms with van der Waals surface area (Å²) in [7, 11) is 3.89. The fourth-order valence-electron chi connectivity index (χ4n) is 1.83. The summed E-state index contributed by atoms with van der Waals surface area (Å²) >= 11 is 6.19. The predicted molar refractivity (Wildman–Crippen MR) is 92.0 cm³/mol. The molecule has 0 saturated heterocycles. The van der Waals surface area contributed by atoms with Gasteiger partial charge >= 0.3 is 0 Å². The topological polar surface area (TPSA) is 44.7 Å². The molecule has 0 unspecified atom stereocenters. The van der Waals surface area contributed by atoms with Crippen LogP contribution in [0.1, 0.15) is 21.5 Å². The van der Waals surface area contributed by atoms with Gasteiger partial charge in [-0.25, -0.2) is 5.43 Å². The van der Waals surface area contributed by atoms with Gasteiger partial charge in [-0.05, 0) is 37.3 Å². The Balaban J connectivity index is 2.03. The van der Waals surface area contributed by atoms with Crippen LogP contribution in [0.2, 0.25) is 5.02 Å². The molecule has 0 aliphatic rings. The number of carbonyl (C=O) groups is 1. The molecule has 114 valence electrons. The summed E-state index contributed by atoms with van der Waals surface area (Å²) < 4.78 is 0. The van der Waals surface area contributed by atoms with Gasteiger partial charge in [0, 0.05) is 30.9 Å². The van der Waals surface area contributed by atoms with Crippen molar-refractivity contribution in [2.45, 2.75) is 6.92 Å². The van der Waals surface area contributed by atoms with Gasteiger partial charge in [-0.3, -0.25) is 4.79 Å². The lowest BCUT2D eigenvalue weighted by molar-refractivity contribution is 0.0955. The molecule has 0 radical (unpaired) electrons. The highest BCUT2D eigenvalue weighted by Crippen LogP contribution is 2.21. The normalized spacial score (nSPS) is 10.7. The number of anilines is 1. The molecule has 0 atom stereocenters. The minimum atomic E-state index is -0.253. The standard InChI is InChI=1S/C17H18ClN3O/c1-12-4-6-13(7-5-12)17(22)20-19-11-14-8-9-15(21(2)3)10-16(14)18/h4-11H,1-3H3,(H,20,22)/b19-11+. The molecule has 2 rings (SSSR count). The molecule has 0 saturated carbocycles. The van der Waals surface area contributed by atoms with Gasteiger partial charge in [-0.15, -0.1) is 0 Å². The van der Waals surface area contributed by atoms with Gasteiger partial charge in [0.05, 0.1) is 11.2 Å². The van der Waals surface area contributed by atoms with Crippen LogP contribution in [0.4, 0.5) is 5.69 Å². The number of carbonyl (C=O) groups excluding carboxylic acids is 1. The quantitative estimate of drug-likeness (QED) is 0.693. The number of hydrogen-bond donors (Lipinski definition) is 1. The van der Waals surface area contributed by atoms with Crippen LogP contribution in [-0.4, -0.2) is 26.2 Å². The van der Waals surface area contributed by atoms with Gasteiger partial charge < -0.3 is 4.90 Å². The average Bonchev–Trinajstić information content (AvgIpc) is 2.49. The van der Waals surface area contributed by atoms with Gasteiger partial charge in [0.1, 0.15) is 0 Å². The van der Waals surface area contributed by atoms with E-state index in [-0.39, 0.29) is 5.91 Å². The van der Waals surface area contributed by atoms with Crippen molar-refractivity contribution in [1.82, 2.24) is 5.43 Å². The van der Waals surface area contributed by atoms with E-state index in [1.807, 2.05) is 56.3 Å². The smallest absolute Gasteiger partial charge is 0.271 e. The first-order chi connectivity index (χ1) is 10.5. The summed E-state index contributed by atoms with van der Waals surface area (Å²) in [5.41, 5.74) is 5.92. The number of nitrogens with zero attached hydrogens (tertiary/aromatic N) is 2. The summed E-state index contributed by atoms with van der Waals surface area (Å²) in [5.74, 6) is -0.253. The monoisotopic (exact) mass is 315 g/mol. The largest absolute Gasteiger partial charge is 0.378 e. The molecule has 22 heavy (non-hydrogen) atoms. The molecule has 0 heterocycles. The highest BCUT2D eigenvalue weighted by atomic mass is 35.5. The van der Waals surface area contributed by atoms with Gasteiger partial charge in [0.2, 0.25) is 0 Å². The van der Waals surface area contributed by atoms with Crippen molar-refractivity contribution in [3.8, 4) is 0 Å². The first-order valence-electron chi connectivity index (χ1n) is 6.84. The lowest BCUT2D eigenvalue weighted by Crippen LogP contribution is -2.17. The SMILES string of the molecule is Cc1ccc(C(=O)N/N=C/c2ccc(N(C)C)cc2Cl)cc1. The zero-order valence-electron chi connectivity index (χ0n) is 12.8. The van der Waals surface area contributed by atoms with E-state index in [1.165, 1.54) is 6.21 Å². The number of rotatable bonds is 4. The van der Waals surface area contributed by atoms with Crippen LogP contribution in [0.25, 0.3) is 0 Å². The molecule has 1 N–H and O–H groups in total. The highest BCUT2D eigenvalue weighted by Gasteiger charge is 2.04. The third-order valence-electron chi connectivity index (χ3n) is 3.18. The van der Waals surface area contributed by atoms with Crippen LogP contribution in [0.15, 0.2) is 47.6 Å². The number of halogens is 1. The Morgan fingerprint density at radius 2 is 1.86 bits per heavy atom. The van der Waals surface area contributed by atoms with E-state index >= 15 is 0 Å². The molecule has 0 aliphatic heterocycles. The Hall–Kier alpha value is -2.33. The van der Waals surface area contributed by atoms with Crippen LogP contribution >= 0.6 is 11.6 Å². The van der Waals surface area contributed by atoms with E-state index in [9.17, 15) is 4.79 Å². The minimum absolute atomic E-state index is 0.253. The molecule has 0 bridgehead atoms. The first-order valence-corrected chi connectivity index (χ1v) is 7.22. The van der Waals surface area contributed by atoms with Crippen LogP contribution in [0.3, 0.4) is 0 Å². The zero-order chi connectivity index (χ0) is 16.1. The molecule has 2 aromatic rings. The Bertz CT molecular complexity index is 694. The van der Waals surface area contributed by atoms with Crippen molar-refractivity contribution in [3.05, 3.63) is 64.2 Å². The van der Waals surface area contributed by atoms with Crippen molar-refractivity contribution >= 4 is 29.4 Å². The van der Waals surface area contributed by atoms with Gasteiger partial charge in [-0.2, -0.15) is 5.10 Å². The Morgan fingerprint density at radius 3 is 2.45 bits per heavy atom. The van der Waals surface area contributed by atoms with E-state index in [2.05, 4.69) is 10.5 Å². The van der Waals surface area contributed by atoms with Crippen LogP contribution in [0.5, 0.6) is 0 Å². The zero-order valence-corrected chi connectivity index (χ0v) is 13.6. The second-order valence-electron chi connectivity index (χ2n) is 5.17. The number of nitrogens with one attached hydrogen (secondary N) is 1. The maximum atomic E-state index is 11.9. The lowest BCUT2D eigenvalue weighted by Gasteiger charge is -2.13. The third-order valence-corrected chi connectivity index (χ3v) is 3.51. The van der Waals surface area contributed by atoms with Crippen molar-refractivity contribution in [2.24, 2.45) is 5.10 Å². The van der Waals surface area contributed by atoms with E-state index in [1.54, 1.807) is 12.1 Å². The van der Waals surface area contributed by atoms with Crippen molar-refractivity contribution in [1.29, 1.82) is 0 Å². The van der Waals surface area contributed by atoms with Gasteiger partial charge in [0.25, 0.3) is 5.91 Å². The Labute approximate surface area is 135 Å². The van der Waals surface area contributed by atoms with Crippen molar-refractivity contribution in [2.75, 3.05) is 19.0 Å². The summed E-state index contributed by atoms with van der Waals surface area (Å²) in [6.45, 7) is 1.97. The average molecular weight is 316 g/mol. The Kier molecular flexibility index (Phi) is 5.17. The van der Waals surface area contributed by atoms with E-state index in [4.69, 9.17) is 11.6 Å². The maximum absolute atomic E-state index is 11.9. The maximum Gasteiger partial charge on any atom is 0.271 e. The van der Waals surface area contributed by atoms with E-state index in [0.717, 1.165) is 16.8 Å². The molecule has 0 aliphatic carbocycles. The first kappa shape index (κ1) is 16.0. The second-order valence-corrected chi connectivity index (χ2v) is 5.57. The van der Waals surface area contributed by atoms with Crippen LogP contribution < -0.4 is 10.3 Å². The molecule has 0 spiro atoms. The number of hydrazone groups is 1. The molecule has 0 aromatic heterocycles. The molecule has 2 aromatic carbocycles. The summed E-state index contributed by atoms with van der Waals surface area (Å²) in [5, 5.41) is 4.54. The van der Waals surface area contributed by atoms with Crippen LogP contribution in [0, 0.1) is 6.92 Å². The fourth-order valence-corrected chi connectivity index (χ4v) is 2.05. The molecule has 0 fully saturated rings. The minimum Gasteiger partial charge on any atom is -0.378 e. The fraction of sp³-hybridized carbons (Fsp3) is 0.176. The summed E-state index contributed by atoms with van der Waals surface area (Å²) in [6, 6.07) is 12.9. The number of benzene rings is 2. The number of aryl methyl sites for hydroxylation is 1. The predicted octanol–water partition coefficient (Wildman–Crippen LogP) is 3.48. The number of amides is 1. The lowest BCUT2D eigenvalue weighted by atomic mass is 10.1. The second kappa shape index (κ2) is 7.09. The van der Waals surface area contributed by atoms with E-state index in [0.29, 0.717) is 10.6 Å². The van der Waals surface area contributed by atoms with E-state index < -0.39 is 0 Å². The molecule has 5 heteroatoms. The van der Waals surface area contributed by atoms with Gasteiger partial charge in [-0.1, -0.05) is 29.3 Å². The molecular weight excluding hydrogens is 298 g/mol. The number of hydrogen-bond acceptors (Lipinski definition) is 3. The molecule has 4 nitrogen and oxygen atoms in total. The van der Waals surface area contributed by atoms with Gasteiger partial charge in [0.15, 0.2) is 0 Å². The van der Waals surface area contributed by atoms with Crippen LogP contribution in [-0.2, 0) is 0 Å². The third kappa shape index (κ3) is 4.09. The van der Waals surface area contributed by atoms with Crippen molar-refractivity contribution in [3.63, 3.8) is 0 Å². The molecule has 1 amide bonds. The summed E-state index contributed by atoms with van der Waals surface area (Å²) in [6.07, 6.45) is 1.54. The molecular formula is C17H18ClN3O. The van der Waals surface area contributed by atoms with Crippen molar-refractivity contribution < 1.29 is 4.79 Å². The Morgan fingerprint density at radius 1 is 1.18 bits per heavy atom.